The minimum Gasteiger partial charge on any atom is -0.494 e. The summed E-state index contributed by atoms with van der Waals surface area (Å²) in [5, 5.41) is 0. The second-order valence-corrected chi connectivity index (χ2v) is 6.12. The Morgan fingerprint density at radius 3 is 2.27 bits per heavy atom. The van der Waals surface area contributed by atoms with Crippen LogP contribution in [0.1, 0.15) is 55.5 Å². The topological polar surface area (TPSA) is 44.8 Å². The van der Waals surface area contributed by atoms with Gasteiger partial charge in [0.2, 0.25) is 0 Å². The van der Waals surface area contributed by atoms with E-state index >= 15 is 0 Å². The number of benzene rings is 2. The number of ether oxygens (including phenoxy) is 3. The molecule has 2 rings (SSSR count). The number of carbonyl (C=O) groups is 1. The Morgan fingerprint density at radius 2 is 1.58 bits per heavy atom. The third-order valence-electron chi connectivity index (χ3n) is 3.91. The molecular formula is C22H28O4. The summed E-state index contributed by atoms with van der Waals surface area (Å²) in [5.41, 5.74) is 1.36. The van der Waals surface area contributed by atoms with Gasteiger partial charge in [-0.1, -0.05) is 57.0 Å². The average molecular weight is 356 g/mol. The molecule has 0 heterocycles. The zero-order valence-corrected chi connectivity index (χ0v) is 15.7. The van der Waals surface area contributed by atoms with Crippen molar-refractivity contribution in [3.63, 3.8) is 0 Å². The Bertz CT molecular complexity index is 667. The van der Waals surface area contributed by atoms with Crippen LogP contribution in [-0.2, 0) is 11.3 Å². The van der Waals surface area contributed by atoms with Gasteiger partial charge in [0.1, 0.15) is 23.7 Å². The van der Waals surface area contributed by atoms with Crippen molar-refractivity contribution < 1.29 is 19.0 Å². The normalized spacial score (nSPS) is 10.4. The SMILES string of the molecule is CCCCOc1ccc(OCCCC)c(C(=O)OCc2ccccc2)c1. The van der Waals surface area contributed by atoms with Crippen LogP contribution in [0.15, 0.2) is 48.5 Å². The van der Waals surface area contributed by atoms with E-state index in [-0.39, 0.29) is 6.61 Å². The molecule has 0 aliphatic heterocycles. The summed E-state index contributed by atoms with van der Waals surface area (Å²) in [6.07, 6.45) is 4.01. The van der Waals surface area contributed by atoms with E-state index in [1.165, 1.54) is 0 Å². The van der Waals surface area contributed by atoms with Crippen LogP contribution in [-0.4, -0.2) is 19.2 Å². The van der Waals surface area contributed by atoms with Crippen molar-refractivity contribution in [3.8, 4) is 11.5 Å². The third-order valence-corrected chi connectivity index (χ3v) is 3.91. The first-order chi connectivity index (χ1) is 12.7. The van der Waals surface area contributed by atoms with E-state index in [1.54, 1.807) is 12.1 Å². The molecule has 0 N–H and O–H groups in total. The highest BCUT2D eigenvalue weighted by atomic mass is 16.5. The van der Waals surface area contributed by atoms with Crippen molar-refractivity contribution in [1.82, 2.24) is 0 Å². The van der Waals surface area contributed by atoms with E-state index in [2.05, 4.69) is 13.8 Å². The summed E-state index contributed by atoms with van der Waals surface area (Å²) in [6, 6.07) is 15.0. The lowest BCUT2D eigenvalue weighted by Gasteiger charge is -2.13. The van der Waals surface area contributed by atoms with Crippen molar-refractivity contribution in [1.29, 1.82) is 0 Å². The Balaban J connectivity index is 2.08. The van der Waals surface area contributed by atoms with Gasteiger partial charge in [0, 0.05) is 0 Å². The molecule has 4 nitrogen and oxygen atoms in total. The van der Waals surface area contributed by atoms with Crippen LogP contribution >= 0.6 is 0 Å². The fraction of sp³-hybridized carbons (Fsp3) is 0.409. The van der Waals surface area contributed by atoms with E-state index in [0.29, 0.717) is 30.3 Å². The zero-order chi connectivity index (χ0) is 18.6. The zero-order valence-electron chi connectivity index (χ0n) is 15.7. The van der Waals surface area contributed by atoms with Crippen molar-refractivity contribution in [2.24, 2.45) is 0 Å². The second-order valence-electron chi connectivity index (χ2n) is 6.12. The molecule has 140 valence electrons. The van der Waals surface area contributed by atoms with Gasteiger partial charge in [0.15, 0.2) is 0 Å². The van der Waals surface area contributed by atoms with Crippen LogP contribution in [0.2, 0.25) is 0 Å². The summed E-state index contributed by atoms with van der Waals surface area (Å²) in [5.74, 6) is 0.800. The van der Waals surface area contributed by atoms with E-state index in [4.69, 9.17) is 14.2 Å². The smallest absolute Gasteiger partial charge is 0.342 e. The maximum absolute atomic E-state index is 12.6. The van der Waals surface area contributed by atoms with Gasteiger partial charge in [-0.2, -0.15) is 0 Å². The predicted molar refractivity (Wildman–Crippen MR) is 103 cm³/mol. The van der Waals surface area contributed by atoms with Crippen molar-refractivity contribution in [2.45, 2.75) is 46.1 Å². The molecule has 2 aromatic carbocycles. The van der Waals surface area contributed by atoms with E-state index < -0.39 is 5.97 Å². The second kappa shape index (κ2) is 11.2. The lowest BCUT2D eigenvalue weighted by Crippen LogP contribution is -2.09. The van der Waals surface area contributed by atoms with Gasteiger partial charge in [-0.05, 0) is 36.6 Å². The van der Waals surface area contributed by atoms with E-state index in [0.717, 1.165) is 31.2 Å². The summed E-state index contributed by atoms with van der Waals surface area (Å²) >= 11 is 0. The predicted octanol–water partition coefficient (Wildman–Crippen LogP) is 5.40. The molecule has 0 saturated heterocycles. The standard InChI is InChI=1S/C22H28O4/c1-3-5-14-24-19-12-13-21(25-15-6-4-2)20(16-19)22(23)26-17-18-10-8-7-9-11-18/h7-13,16H,3-6,14-15,17H2,1-2H3. The molecule has 26 heavy (non-hydrogen) atoms. The molecule has 0 atom stereocenters. The Hall–Kier alpha value is -2.49. The number of carbonyl (C=O) groups excluding carboxylic acids is 1. The Labute approximate surface area is 156 Å². The highest BCUT2D eigenvalue weighted by molar-refractivity contribution is 5.93. The van der Waals surface area contributed by atoms with Crippen LogP contribution in [0.3, 0.4) is 0 Å². The van der Waals surface area contributed by atoms with Gasteiger partial charge in [-0.3, -0.25) is 0 Å². The maximum atomic E-state index is 12.6. The number of unbranched alkanes of at least 4 members (excludes halogenated alkanes) is 2. The largest absolute Gasteiger partial charge is 0.494 e. The molecule has 0 saturated carbocycles. The molecule has 0 radical (unpaired) electrons. The monoisotopic (exact) mass is 356 g/mol. The Kier molecular flexibility index (Phi) is 8.53. The van der Waals surface area contributed by atoms with E-state index in [1.807, 2.05) is 36.4 Å². The van der Waals surface area contributed by atoms with Gasteiger partial charge in [-0.15, -0.1) is 0 Å². The van der Waals surface area contributed by atoms with Crippen LogP contribution in [0, 0.1) is 0 Å². The Morgan fingerprint density at radius 1 is 0.885 bits per heavy atom. The first-order valence-electron chi connectivity index (χ1n) is 9.35. The minimum absolute atomic E-state index is 0.231. The fourth-order valence-corrected chi connectivity index (χ4v) is 2.35. The quantitative estimate of drug-likeness (QED) is 0.399. The first-order valence-corrected chi connectivity index (χ1v) is 9.35. The lowest BCUT2D eigenvalue weighted by molar-refractivity contribution is 0.0467. The molecule has 0 aliphatic carbocycles. The van der Waals surface area contributed by atoms with Crippen LogP contribution < -0.4 is 9.47 Å². The molecule has 2 aromatic rings. The third kappa shape index (κ3) is 6.43. The van der Waals surface area contributed by atoms with Gasteiger partial charge >= 0.3 is 5.97 Å². The number of rotatable bonds is 11. The summed E-state index contributed by atoms with van der Waals surface area (Å²) < 4.78 is 17.0. The van der Waals surface area contributed by atoms with Crippen LogP contribution in [0.4, 0.5) is 0 Å². The van der Waals surface area contributed by atoms with Crippen molar-refractivity contribution >= 4 is 5.97 Å². The summed E-state index contributed by atoms with van der Waals surface area (Å²) in [4.78, 5) is 12.6. The summed E-state index contributed by atoms with van der Waals surface area (Å²) in [7, 11) is 0. The minimum atomic E-state index is -0.402. The number of hydrogen-bond donors (Lipinski definition) is 0. The van der Waals surface area contributed by atoms with Crippen LogP contribution in [0.5, 0.6) is 11.5 Å². The van der Waals surface area contributed by atoms with Crippen molar-refractivity contribution in [2.75, 3.05) is 13.2 Å². The molecule has 4 heteroatoms. The number of esters is 1. The van der Waals surface area contributed by atoms with Gasteiger partial charge in [-0.25, -0.2) is 4.79 Å². The van der Waals surface area contributed by atoms with Gasteiger partial charge < -0.3 is 14.2 Å². The fourth-order valence-electron chi connectivity index (χ4n) is 2.35. The van der Waals surface area contributed by atoms with Gasteiger partial charge in [0.25, 0.3) is 0 Å². The first kappa shape index (κ1) is 19.8. The van der Waals surface area contributed by atoms with Gasteiger partial charge in [0.05, 0.1) is 13.2 Å². The van der Waals surface area contributed by atoms with Crippen LogP contribution in [0.25, 0.3) is 0 Å². The lowest BCUT2D eigenvalue weighted by atomic mass is 10.2. The summed E-state index contributed by atoms with van der Waals surface area (Å²) in [6.45, 7) is 5.65. The highest BCUT2D eigenvalue weighted by Crippen LogP contribution is 2.26. The molecule has 0 bridgehead atoms. The highest BCUT2D eigenvalue weighted by Gasteiger charge is 2.16. The molecule has 0 unspecified atom stereocenters. The molecule has 0 aliphatic rings. The molecule has 0 fully saturated rings. The van der Waals surface area contributed by atoms with E-state index in [9.17, 15) is 4.79 Å². The van der Waals surface area contributed by atoms with Crippen molar-refractivity contribution in [3.05, 3.63) is 59.7 Å². The molecule has 0 aromatic heterocycles. The maximum Gasteiger partial charge on any atom is 0.342 e. The average Bonchev–Trinajstić information content (AvgIpc) is 2.68. The molecule has 0 amide bonds. The molecule has 0 spiro atoms. The molecular weight excluding hydrogens is 328 g/mol. The number of hydrogen-bond acceptors (Lipinski definition) is 4.